The molecule has 0 aromatic carbocycles. The Bertz CT molecular complexity index is 769. The number of halogens is 2. The molecule has 0 radical (unpaired) electrons. The summed E-state index contributed by atoms with van der Waals surface area (Å²) >= 11 is 0. The number of nitrogens with one attached hydrogen (secondary N) is 1. The van der Waals surface area contributed by atoms with Gasteiger partial charge in [-0.2, -0.15) is 19.0 Å². The number of nitrogens with zero attached hydrogens (tertiary/aromatic N) is 4. The summed E-state index contributed by atoms with van der Waals surface area (Å²) in [7, 11) is -3.88. The highest BCUT2D eigenvalue weighted by Gasteiger charge is 2.24. The summed E-state index contributed by atoms with van der Waals surface area (Å²) in [6, 6.07) is 1.86. The Morgan fingerprint density at radius 3 is 2.52 bits per heavy atom. The van der Waals surface area contributed by atoms with Crippen molar-refractivity contribution in [3.63, 3.8) is 0 Å². The van der Waals surface area contributed by atoms with Crippen LogP contribution in [0.3, 0.4) is 0 Å². The molecule has 0 fully saturated rings. The van der Waals surface area contributed by atoms with Crippen LogP contribution in [0.4, 0.5) is 8.78 Å². The summed E-state index contributed by atoms with van der Waals surface area (Å²) in [5, 5.41) is 7.55. The predicted octanol–water partition coefficient (Wildman–Crippen LogP) is 1.71. The van der Waals surface area contributed by atoms with Crippen LogP contribution < -0.4 is 4.72 Å². The topological polar surface area (TPSA) is 81.8 Å². The first kappa shape index (κ1) is 17.5. The van der Waals surface area contributed by atoms with E-state index < -0.39 is 16.6 Å². The predicted molar refractivity (Wildman–Crippen MR) is 79.5 cm³/mol. The fraction of sp³-hybridized carbons (Fsp3) is 0.538. The zero-order chi connectivity index (χ0) is 17.2. The van der Waals surface area contributed by atoms with Gasteiger partial charge in [-0.25, -0.2) is 17.8 Å². The molecule has 1 atom stereocenters. The maximum Gasteiger partial charge on any atom is 0.333 e. The first-order chi connectivity index (χ1) is 10.7. The van der Waals surface area contributed by atoms with Gasteiger partial charge in [-0.3, -0.25) is 4.68 Å². The van der Waals surface area contributed by atoms with Gasteiger partial charge in [0.1, 0.15) is 4.90 Å². The summed E-state index contributed by atoms with van der Waals surface area (Å²) in [6.45, 7) is 2.92. The van der Waals surface area contributed by atoms with E-state index in [4.69, 9.17) is 0 Å². The molecule has 0 aliphatic heterocycles. The van der Waals surface area contributed by atoms with Crippen molar-refractivity contribution in [2.24, 2.45) is 5.92 Å². The zero-order valence-electron chi connectivity index (χ0n) is 13.1. The first-order valence-corrected chi connectivity index (χ1v) is 8.51. The van der Waals surface area contributed by atoms with Crippen LogP contribution in [0.15, 0.2) is 23.4 Å². The molecule has 2 rings (SSSR count). The molecule has 2 aromatic rings. The Morgan fingerprint density at radius 1 is 1.30 bits per heavy atom. The average Bonchev–Trinajstić information content (AvgIpc) is 3.04. The van der Waals surface area contributed by atoms with Gasteiger partial charge in [-0.1, -0.05) is 6.92 Å². The Labute approximate surface area is 133 Å². The number of alkyl halides is 2. The molecular weight excluding hydrogens is 328 g/mol. The van der Waals surface area contributed by atoms with Gasteiger partial charge in [0.15, 0.2) is 0 Å². The van der Waals surface area contributed by atoms with E-state index in [1.165, 1.54) is 6.92 Å². The van der Waals surface area contributed by atoms with Crippen molar-refractivity contribution in [3.8, 4) is 0 Å². The van der Waals surface area contributed by atoms with Gasteiger partial charge >= 0.3 is 6.55 Å². The van der Waals surface area contributed by atoms with Crippen molar-refractivity contribution in [1.29, 1.82) is 0 Å². The second-order valence-corrected chi connectivity index (χ2v) is 7.16. The normalized spacial score (nSPS) is 13.7. The molecule has 0 spiro atoms. The summed E-state index contributed by atoms with van der Waals surface area (Å²) < 4.78 is 54.4. The standard InChI is InChI=1S/C13H19F2N5O2S/c1-9(8-19-10(2)4-5-16-19)6-18-23(21,22)12-7-17-20(11(12)3)13(14)15/h4-5,7,9,13,18H,6,8H2,1-3H3/t9-/m0/s1. The number of aromatic nitrogens is 4. The molecule has 0 aliphatic rings. The number of hydrogen-bond donors (Lipinski definition) is 1. The second kappa shape index (κ2) is 6.75. The van der Waals surface area contributed by atoms with E-state index >= 15 is 0 Å². The maximum atomic E-state index is 12.7. The molecule has 2 aromatic heterocycles. The fourth-order valence-corrected chi connectivity index (χ4v) is 3.48. The molecule has 0 unspecified atom stereocenters. The SMILES string of the molecule is Cc1ccnn1C[C@@H](C)CNS(=O)(=O)c1cnn(C(F)F)c1C. The molecule has 10 heteroatoms. The van der Waals surface area contributed by atoms with E-state index in [-0.39, 0.29) is 23.1 Å². The molecule has 0 saturated carbocycles. The Hall–Kier alpha value is -1.81. The second-order valence-electron chi connectivity index (χ2n) is 5.43. The van der Waals surface area contributed by atoms with Crippen molar-refractivity contribution >= 4 is 10.0 Å². The van der Waals surface area contributed by atoms with Crippen LogP contribution >= 0.6 is 0 Å². The molecule has 2 heterocycles. The molecule has 0 amide bonds. The summed E-state index contributed by atoms with van der Waals surface area (Å²) in [4.78, 5) is -0.236. The van der Waals surface area contributed by atoms with Gasteiger partial charge in [-0.05, 0) is 25.8 Å². The molecule has 128 valence electrons. The smallest absolute Gasteiger partial charge is 0.270 e. The molecular formula is C13H19F2N5O2S. The monoisotopic (exact) mass is 347 g/mol. The van der Waals surface area contributed by atoms with Gasteiger partial charge in [0.05, 0.1) is 11.9 Å². The minimum absolute atomic E-state index is 0.0196. The minimum Gasteiger partial charge on any atom is -0.270 e. The van der Waals surface area contributed by atoms with E-state index in [2.05, 4.69) is 14.9 Å². The number of sulfonamides is 1. The largest absolute Gasteiger partial charge is 0.333 e. The Morgan fingerprint density at radius 2 is 2.00 bits per heavy atom. The lowest BCUT2D eigenvalue weighted by Gasteiger charge is -2.14. The lowest BCUT2D eigenvalue weighted by Crippen LogP contribution is -2.30. The summed E-state index contributed by atoms with van der Waals surface area (Å²) in [6.07, 6.45) is 2.61. The highest BCUT2D eigenvalue weighted by molar-refractivity contribution is 7.89. The molecule has 0 saturated heterocycles. The Kier molecular flexibility index (Phi) is 5.15. The van der Waals surface area contributed by atoms with E-state index in [0.717, 1.165) is 11.9 Å². The highest BCUT2D eigenvalue weighted by atomic mass is 32.2. The number of aryl methyl sites for hydroxylation is 1. The number of hydrogen-bond acceptors (Lipinski definition) is 4. The van der Waals surface area contributed by atoms with Crippen molar-refractivity contribution in [3.05, 3.63) is 29.8 Å². The maximum absolute atomic E-state index is 12.7. The van der Waals surface area contributed by atoms with E-state index in [9.17, 15) is 17.2 Å². The summed E-state index contributed by atoms with van der Waals surface area (Å²) in [5.74, 6) is -0.0196. The highest BCUT2D eigenvalue weighted by Crippen LogP contribution is 2.19. The van der Waals surface area contributed by atoms with Crippen molar-refractivity contribution in [1.82, 2.24) is 24.3 Å². The van der Waals surface area contributed by atoms with Gasteiger partial charge in [0, 0.05) is 25.0 Å². The van der Waals surface area contributed by atoms with Crippen LogP contribution in [0.1, 0.15) is 24.9 Å². The van der Waals surface area contributed by atoms with Gasteiger partial charge < -0.3 is 0 Å². The van der Waals surface area contributed by atoms with Gasteiger partial charge in [-0.15, -0.1) is 0 Å². The van der Waals surface area contributed by atoms with Gasteiger partial charge in [0.25, 0.3) is 0 Å². The Balaban J connectivity index is 2.03. The van der Waals surface area contributed by atoms with Crippen LogP contribution in [0, 0.1) is 19.8 Å². The molecule has 7 nitrogen and oxygen atoms in total. The molecule has 23 heavy (non-hydrogen) atoms. The van der Waals surface area contributed by atoms with Crippen molar-refractivity contribution < 1.29 is 17.2 Å². The molecule has 0 bridgehead atoms. The molecule has 1 N–H and O–H groups in total. The lowest BCUT2D eigenvalue weighted by atomic mass is 10.2. The average molecular weight is 347 g/mol. The third kappa shape index (κ3) is 3.94. The van der Waals surface area contributed by atoms with Crippen LogP contribution in [-0.2, 0) is 16.6 Å². The van der Waals surface area contributed by atoms with E-state index in [1.54, 1.807) is 10.9 Å². The number of rotatable bonds is 7. The zero-order valence-corrected chi connectivity index (χ0v) is 13.9. The van der Waals surface area contributed by atoms with E-state index in [0.29, 0.717) is 11.2 Å². The molecule has 0 aliphatic carbocycles. The van der Waals surface area contributed by atoms with Crippen molar-refractivity contribution in [2.45, 2.75) is 38.8 Å². The first-order valence-electron chi connectivity index (χ1n) is 7.02. The van der Waals surface area contributed by atoms with E-state index in [1.807, 2.05) is 19.9 Å². The van der Waals surface area contributed by atoms with Crippen LogP contribution in [-0.4, -0.2) is 34.5 Å². The lowest BCUT2D eigenvalue weighted by molar-refractivity contribution is 0.0541. The van der Waals surface area contributed by atoms with Crippen LogP contribution in [0.5, 0.6) is 0 Å². The van der Waals surface area contributed by atoms with Gasteiger partial charge in [0.2, 0.25) is 10.0 Å². The summed E-state index contributed by atoms with van der Waals surface area (Å²) in [5.41, 5.74) is 0.886. The third-order valence-electron chi connectivity index (χ3n) is 3.51. The quantitative estimate of drug-likeness (QED) is 0.827. The van der Waals surface area contributed by atoms with Crippen LogP contribution in [0.25, 0.3) is 0 Å². The van der Waals surface area contributed by atoms with Crippen molar-refractivity contribution in [2.75, 3.05) is 6.54 Å². The third-order valence-corrected chi connectivity index (χ3v) is 5.04. The van der Waals surface area contributed by atoms with Crippen LogP contribution in [0.2, 0.25) is 0 Å². The minimum atomic E-state index is -3.88. The fourth-order valence-electron chi connectivity index (χ4n) is 2.15.